The quantitative estimate of drug-likeness (QED) is 0.837. The summed E-state index contributed by atoms with van der Waals surface area (Å²) in [6.45, 7) is 5.48. The van der Waals surface area contributed by atoms with Crippen molar-refractivity contribution in [3.8, 4) is 0 Å². The van der Waals surface area contributed by atoms with Gasteiger partial charge in [0.15, 0.2) is 0 Å². The Morgan fingerprint density at radius 2 is 1.77 bits per heavy atom. The average molecular weight is 300 g/mol. The average Bonchev–Trinajstić information content (AvgIpc) is 3.15. The molecule has 22 heavy (non-hydrogen) atoms. The molecule has 1 amide bonds. The summed E-state index contributed by atoms with van der Waals surface area (Å²) in [7, 11) is 0. The van der Waals surface area contributed by atoms with Gasteiger partial charge < -0.3 is 14.5 Å². The van der Waals surface area contributed by atoms with E-state index >= 15 is 0 Å². The van der Waals surface area contributed by atoms with Gasteiger partial charge in [0.1, 0.15) is 0 Å². The number of fused-ring (bicyclic) bond motifs is 1. The number of carbonyl (C=O) groups is 1. The molecule has 0 N–H and O–H groups in total. The van der Waals surface area contributed by atoms with E-state index in [1.54, 1.807) is 0 Å². The van der Waals surface area contributed by atoms with Crippen molar-refractivity contribution in [2.75, 3.05) is 44.3 Å². The van der Waals surface area contributed by atoms with Gasteiger partial charge >= 0.3 is 0 Å². The molecule has 4 rings (SSSR count). The number of likely N-dealkylation sites (tertiary alicyclic amines) is 1. The predicted octanol–water partition coefficient (Wildman–Crippen LogP) is 2.01. The Bertz CT molecular complexity index is 513. The predicted molar refractivity (Wildman–Crippen MR) is 85.8 cm³/mol. The van der Waals surface area contributed by atoms with Gasteiger partial charge in [0.2, 0.25) is 5.91 Å². The number of amides is 1. The lowest BCUT2D eigenvalue weighted by atomic mass is 10.0. The molecule has 4 heteroatoms. The molecule has 4 nitrogen and oxygen atoms in total. The lowest BCUT2D eigenvalue weighted by molar-refractivity contribution is -0.138. The molecule has 0 bridgehead atoms. The molecule has 1 aromatic rings. The first kappa shape index (κ1) is 14.1. The van der Waals surface area contributed by atoms with Crippen LogP contribution < -0.4 is 4.90 Å². The van der Waals surface area contributed by atoms with Crippen LogP contribution in [0.2, 0.25) is 0 Å². The van der Waals surface area contributed by atoms with Crippen molar-refractivity contribution >= 4 is 11.6 Å². The van der Waals surface area contributed by atoms with E-state index in [0.717, 1.165) is 45.6 Å². The minimum absolute atomic E-state index is 0.109. The van der Waals surface area contributed by atoms with Crippen molar-refractivity contribution in [1.29, 1.82) is 0 Å². The van der Waals surface area contributed by atoms with Crippen LogP contribution in [0.1, 0.15) is 12.8 Å². The van der Waals surface area contributed by atoms with Gasteiger partial charge in [-0.15, -0.1) is 0 Å². The first-order chi connectivity index (χ1) is 10.8. The fraction of sp³-hybridized carbons (Fsp3) is 0.611. The van der Waals surface area contributed by atoms with Crippen LogP contribution >= 0.6 is 0 Å². The first-order valence-electron chi connectivity index (χ1n) is 8.48. The molecule has 0 saturated carbocycles. The molecular formula is C18H24N2O2. The number of nitrogens with zero attached hydrogens (tertiary/aromatic N) is 2. The summed E-state index contributed by atoms with van der Waals surface area (Å²) in [5, 5.41) is 0. The minimum Gasteiger partial charge on any atom is -0.381 e. The number of hydrogen-bond donors (Lipinski definition) is 0. The molecule has 118 valence electrons. The van der Waals surface area contributed by atoms with Gasteiger partial charge in [-0.05, 0) is 25.0 Å². The maximum absolute atomic E-state index is 12.6. The number of para-hydroxylation sites is 1. The number of rotatable bonds is 2. The van der Waals surface area contributed by atoms with Crippen molar-refractivity contribution in [3.05, 3.63) is 30.3 Å². The topological polar surface area (TPSA) is 32.8 Å². The second kappa shape index (κ2) is 5.92. The summed E-state index contributed by atoms with van der Waals surface area (Å²) < 4.78 is 5.48. The Kier molecular flexibility index (Phi) is 3.78. The van der Waals surface area contributed by atoms with E-state index in [0.29, 0.717) is 24.3 Å². The molecule has 0 aliphatic carbocycles. The molecule has 3 fully saturated rings. The zero-order chi connectivity index (χ0) is 14.9. The Balaban J connectivity index is 1.36. The third kappa shape index (κ3) is 2.60. The normalized spacial score (nSPS) is 31.4. The zero-order valence-corrected chi connectivity index (χ0v) is 13.0. The molecule has 3 atom stereocenters. The van der Waals surface area contributed by atoms with Gasteiger partial charge in [-0.2, -0.15) is 0 Å². The summed E-state index contributed by atoms with van der Waals surface area (Å²) in [5.74, 6) is 1.71. The van der Waals surface area contributed by atoms with E-state index < -0.39 is 0 Å². The van der Waals surface area contributed by atoms with Crippen LogP contribution in [-0.4, -0.2) is 50.2 Å². The molecule has 3 heterocycles. The summed E-state index contributed by atoms with van der Waals surface area (Å²) in [6, 6.07) is 10.6. The second-order valence-electron chi connectivity index (χ2n) is 6.92. The summed E-state index contributed by atoms with van der Waals surface area (Å²) >= 11 is 0. The Morgan fingerprint density at radius 1 is 1.05 bits per heavy atom. The highest BCUT2D eigenvalue weighted by Gasteiger charge is 2.42. The van der Waals surface area contributed by atoms with Crippen molar-refractivity contribution in [1.82, 2.24) is 4.90 Å². The summed E-state index contributed by atoms with van der Waals surface area (Å²) in [6.07, 6.45) is 2.03. The zero-order valence-electron chi connectivity index (χ0n) is 13.0. The number of ether oxygens (including phenoxy) is 1. The Labute approximate surface area is 132 Å². The molecule has 3 aliphatic rings. The third-order valence-electron chi connectivity index (χ3n) is 5.43. The number of benzene rings is 1. The van der Waals surface area contributed by atoms with Crippen molar-refractivity contribution in [3.63, 3.8) is 0 Å². The van der Waals surface area contributed by atoms with Gasteiger partial charge in [-0.25, -0.2) is 0 Å². The van der Waals surface area contributed by atoms with E-state index in [-0.39, 0.29) is 5.92 Å². The van der Waals surface area contributed by atoms with Crippen LogP contribution in [0.25, 0.3) is 0 Å². The number of carbonyl (C=O) groups excluding carboxylic acids is 1. The van der Waals surface area contributed by atoms with Crippen LogP contribution in [0.15, 0.2) is 30.3 Å². The molecule has 0 aromatic heterocycles. The molecule has 0 unspecified atom stereocenters. The lowest BCUT2D eigenvalue weighted by Gasteiger charge is -2.28. The SMILES string of the molecule is O=C([C@@H]1CCCOC1)N1C[C@H]2CN(c3ccccc3)C[C@@H]2C1. The molecule has 3 aliphatic heterocycles. The first-order valence-corrected chi connectivity index (χ1v) is 8.48. The molecule has 1 aromatic carbocycles. The minimum atomic E-state index is 0.109. The monoisotopic (exact) mass is 300 g/mol. The maximum atomic E-state index is 12.6. The van der Waals surface area contributed by atoms with Crippen LogP contribution in [0.5, 0.6) is 0 Å². The highest BCUT2D eigenvalue weighted by Crippen LogP contribution is 2.34. The van der Waals surface area contributed by atoms with Crippen LogP contribution in [-0.2, 0) is 9.53 Å². The summed E-state index contributed by atoms with van der Waals surface area (Å²) in [5.41, 5.74) is 1.32. The second-order valence-corrected chi connectivity index (χ2v) is 6.92. The molecular weight excluding hydrogens is 276 g/mol. The number of hydrogen-bond acceptors (Lipinski definition) is 3. The summed E-state index contributed by atoms with van der Waals surface area (Å²) in [4.78, 5) is 17.2. The van der Waals surface area contributed by atoms with Gasteiger partial charge in [-0.1, -0.05) is 18.2 Å². The van der Waals surface area contributed by atoms with Gasteiger partial charge in [0, 0.05) is 50.3 Å². The highest BCUT2D eigenvalue weighted by molar-refractivity contribution is 5.79. The van der Waals surface area contributed by atoms with Crippen LogP contribution in [0, 0.1) is 17.8 Å². The molecule has 0 spiro atoms. The molecule has 3 saturated heterocycles. The lowest BCUT2D eigenvalue weighted by Crippen LogP contribution is -2.40. The largest absolute Gasteiger partial charge is 0.381 e. The maximum Gasteiger partial charge on any atom is 0.228 e. The fourth-order valence-electron chi connectivity index (χ4n) is 4.22. The van der Waals surface area contributed by atoms with Crippen LogP contribution in [0.3, 0.4) is 0 Å². The Morgan fingerprint density at radius 3 is 2.41 bits per heavy atom. The van der Waals surface area contributed by atoms with E-state index in [4.69, 9.17) is 4.74 Å². The van der Waals surface area contributed by atoms with Crippen molar-refractivity contribution < 1.29 is 9.53 Å². The standard InChI is InChI=1S/C18H24N2O2/c21-18(14-5-4-8-22-13-14)20-11-15-9-19(10-16(15)12-20)17-6-2-1-3-7-17/h1-3,6-7,14-16H,4-5,8-13H2/t14-,15-,16-/m1/s1. The Hall–Kier alpha value is -1.55. The van der Waals surface area contributed by atoms with Gasteiger partial charge in [0.25, 0.3) is 0 Å². The van der Waals surface area contributed by atoms with Gasteiger partial charge in [0.05, 0.1) is 12.5 Å². The highest BCUT2D eigenvalue weighted by atomic mass is 16.5. The third-order valence-corrected chi connectivity index (χ3v) is 5.43. The fourth-order valence-corrected chi connectivity index (χ4v) is 4.22. The van der Waals surface area contributed by atoms with Gasteiger partial charge in [-0.3, -0.25) is 4.79 Å². The van der Waals surface area contributed by atoms with Crippen molar-refractivity contribution in [2.24, 2.45) is 17.8 Å². The smallest absolute Gasteiger partial charge is 0.228 e. The van der Waals surface area contributed by atoms with E-state index in [2.05, 4.69) is 40.1 Å². The van der Waals surface area contributed by atoms with E-state index in [1.807, 2.05) is 0 Å². The number of anilines is 1. The van der Waals surface area contributed by atoms with E-state index in [9.17, 15) is 4.79 Å². The molecule has 0 radical (unpaired) electrons. The van der Waals surface area contributed by atoms with Crippen molar-refractivity contribution in [2.45, 2.75) is 12.8 Å². The van der Waals surface area contributed by atoms with Crippen LogP contribution in [0.4, 0.5) is 5.69 Å². The van der Waals surface area contributed by atoms with E-state index in [1.165, 1.54) is 5.69 Å².